The van der Waals surface area contributed by atoms with Gasteiger partial charge in [0.2, 0.25) is 0 Å². The molecule has 1 atom stereocenters. The highest BCUT2D eigenvalue weighted by Gasteiger charge is 2.25. The van der Waals surface area contributed by atoms with E-state index in [1.54, 1.807) is 0 Å². The number of nitrogens with zero attached hydrogens (tertiary/aromatic N) is 3. The number of ether oxygens (including phenoxy) is 1. The Morgan fingerprint density at radius 1 is 1.27 bits per heavy atom. The third kappa shape index (κ3) is 6.70. The number of rotatable bonds is 13. The minimum atomic E-state index is 0.493. The summed E-state index contributed by atoms with van der Waals surface area (Å²) in [5.74, 6) is 2.80. The predicted octanol–water partition coefficient (Wildman–Crippen LogP) is 9.28. The Kier molecular flexibility index (Phi) is 9.20. The quantitative estimate of drug-likeness (QED) is 0.168. The maximum atomic E-state index is 6.09. The van der Waals surface area contributed by atoms with Crippen LogP contribution in [0, 0.1) is 12.8 Å². The van der Waals surface area contributed by atoms with E-state index in [4.69, 9.17) is 9.72 Å². The van der Waals surface area contributed by atoms with Gasteiger partial charge in [0, 0.05) is 35.4 Å². The van der Waals surface area contributed by atoms with Crippen molar-refractivity contribution in [3.63, 3.8) is 0 Å². The van der Waals surface area contributed by atoms with Crippen molar-refractivity contribution < 1.29 is 4.74 Å². The van der Waals surface area contributed by atoms with Crippen molar-refractivity contribution in [1.82, 2.24) is 14.5 Å². The molecule has 4 rings (SSSR count). The van der Waals surface area contributed by atoms with E-state index in [0.717, 1.165) is 55.9 Å². The second-order valence-corrected chi connectivity index (χ2v) is 11.2. The average Bonchev–Trinajstić information content (AvgIpc) is 3.56. The molecule has 1 aliphatic rings. The zero-order valence-corrected chi connectivity index (χ0v) is 24.0. The Morgan fingerprint density at radius 2 is 2.08 bits per heavy atom. The molecule has 1 unspecified atom stereocenters. The van der Waals surface area contributed by atoms with Crippen LogP contribution >= 0.6 is 11.3 Å². The Bertz CT molecular complexity index is 1300. The topological polar surface area (TPSA) is 39.9 Å². The van der Waals surface area contributed by atoms with E-state index in [2.05, 4.69) is 74.2 Å². The fourth-order valence-corrected chi connectivity index (χ4v) is 5.91. The van der Waals surface area contributed by atoms with Gasteiger partial charge in [0.25, 0.3) is 0 Å². The summed E-state index contributed by atoms with van der Waals surface area (Å²) in [7, 11) is 0. The van der Waals surface area contributed by atoms with E-state index < -0.39 is 0 Å². The van der Waals surface area contributed by atoms with Gasteiger partial charge in [0.15, 0.2) is 0 Å². The fourth-order valence-electron chi connectivity index (χ4n) is 4.82. The SMILES string of the molecule is C=C(C)/C=C\C=C(/CCC)c1nc(C)n(CC(CC)CC(OCC)=C2CC2)c1-c1cc2cnccc2s1. The van der Waals surface area contributed by atoms with E-state index in [-0.39, 0.29) is 0 Å². The second kappa shape index (κ2) is 12.6. The molecule has 0 aromatic carbocycles. The minimum Gasteiger partial charge on any atom is -0.498 e. The lowest BCUT2D eigenvalue weighted by molar-refractivity contribution is 0.199. The number of pyridine rings is 1. The number of imidazole rings is 1. The summed E-state index contributed by atoms with van der Waals surface area (Å²) in [5.41, 5.74) is 6.17. The predicted molar refractivity (Wildman–Crippen MR) is 159 cm³/mol. The molecule has 0 bridgehead atoms. The Hall–Kier alpha value is -2.92. The third-order valence-electron chi connectivity index (χ3n) is 6.92. The van der Waals surface area contributed by atoms with Gasteiger partial charge in [-0.15, -0.1) is 11.3 Å². The first-order valence-corrected chi connectivity index (χ1v) is 14.5. The van der Waals surface area contributed by atoms with E-state index in [1.807, 2.05) is 30.7 Å². The van der Waals surface area contributed by atoms with Crippen LogP contribution in [0.3, 0.4) is 0 Å². The van der Waals surface area contributed by atoms with Gasteiger partial charge in [-0.3, -0.25) is 4.98 Å². The van der Waals surface area contributed by atoms with Gasteiger partial charge in [-0.1, -0.05) is 57.1 Å². The molecule has 4 nitrogen and oxygen atoms in total. The standard InChI is InChI=1S/C32H41N3OS/c1-7-11-26(13-10-12-22(4)5)31-32(30-19-27-20-33-17-16-29(27)37-30)35(23(6)34-31)21-24(8-2)18-28(36-9-3)25-14-15-25/h10,12-13,16-17,19-20,24H,4,7-9,11,14-15,18,21H2,1-3,5-6H3/b12-10-,26-13+. The molecular formula is C32H41N3OS. The van der Waals surface area contributed by atoms with Crippen molar-refractivity contribution in [3.8, 4) is 10.6 Å². The van der Waals surface area contributed by atoms with Crippen molar-refractivity contribution in [1.29, 1.82) is 0 Å². The summed E-state index contributed by atoms with van der Waals surface area (Å²) in [6.07, 6.45) is 16.8. The first-order chi connectivity index (χ1) is 17.9. The van der Waals surface area contributed by atoms with Gasteiger partial charge < -0.3 is 9.30 Å². The molecule has 0 spiro atoms. The van der Waals surface area contributed by atoms with Crippen LogP contribution in [-0.4, -0.2) is 21.1 Å². The van der Waals surface area contributed by atoms with Crippen molar-refractivity contribution in [3.05, 3.63) is 77.8 Å². The van der Waals surface area contributed by atoms with Gasteiger partial charge in [0.05, 0.1) is 28.6 Å². The van der Waals surface area contributed by atoms with Crippen molar-refractivity contribution >= 4 is 27.0 Å². The Balaban J connectivity index is 1.80. The molecule has 0 saturated heterocycles. The van der Waals surface area contributed by atoms with Crippen LogP contribution in [-0.2, 0) is 11.3 Å². The highest BCUT2D eigenvalue weighted by Crippen LogP contribution is 2.40. The normalized spacial score (nSPS) is 14.5. The highest BCUT2D eigenvalue weighted by atomic mass is 32.1. The van der Waals surface area contributed by atoms with Gasteiger partial charge in [-0.2, -0.15) is 0 Å². The number of fused-ring (bicyclic) bond motifs is 1. The van der Waals surface area contributed by atoms with E-state index in [0.29, 0.717) is 5.92 Å². The first kappa shape index (κ1) is 27.1. The summed E-state index contributed by atoms with van der Waals surface area (Å²) < 4.78 is 9.81. The molecule has 0 N–H and O–H groups in total. The lowest BCUT2D eigenvalue weighted by Gasteiger charge is -2.20. The van der Waals surface area contributed by atoms with Crippen LogP contribution in [0.1, 0.15) is 77.7 Å². The lowest BCUT2D eigenvalue weighted by atomic mass is 9.99. The molecule has 0 amide bonds. The summed E-state index contributed by atoms with van der Waals surface area (Å²) in [6, 6.07) is 4.40. The second-order valence-electron chi connectivity index (χ2n) is 10.1. The summed E-state index contributed by atoms with van der Waals surface area (Å²) in [5, 5.41) is 1.19. The molecule has 37 heavy (non-hydrogen) atoms. The summed E-state index contributed by atoms with van der Waals surface area (Å²) in [4.78, 5) is 10.8. The van der Waals surface area contributed by atoms with Crippen molar-refractivity contribution in [2.45, 2.75) is 79.7 Å². The molecule has 3 heterocycles. The molecule has 1 aliphatic carbocycles. The molecule has 0 radical (unpaired) electrons. The number of aromatic nitrogens is 3. The molecule has 196 valence electrons. The van der Waals surface area contributed by atoms with Gasteiger partial charge in [0.1, 0.15) is 5.82 Å². The van der Waals surface area contributed by atoms with Crippen molar-refractivity contribution in [2.75, 3.05) is 6.61 Å². The third-order valence-corrected chi connectivity index (χ3v) is 8.04. The number of thiophene rings is 1. The lowest BCUT2D eigenvalue weighted by Crippen LogP contribution is -2.14. The Morgan fingerprint density at radius 3 is 2.73 bits per heavy atom. The molecule has 5 heteroatoms. The average molecular weight is 516 g/mol. The number of hydrogen-bond donors (Lipinski definition) is 0. The smallest absolute Gasteiger partial charge is 0.106 e. The Labute approximate surface area is 226 Å². The fraction of sp³-hybridized carbons (Fsp3) is 0.438. The molecule has 1 saturated carbocycles. The molecule has 3 aromatic rings. The van der Waals surface area contributed by atoms with Crippen LogP contribution in [0.15, 0.2) is 66.2 Å². The van der Waals surface area contributed by atoms with Gasteiger partial charge in [-0.05, 0) is 69.2 Å². The first-order valence-electron chi connectivity index (χ1n) is 13.7. The summed E-state index contributed by atoms with van der Waals surface area (Å²) in [6.45, 7) is 16.5. The maximum absolute atomic E-state index is 6.09. The minimum absolute atomic E-state index is 0.493. The monoisotopic (exact) mass is 515 g/mol. The molecule has 3 aromatic heterocycles. The van der Waals surface area contributed by atoms with Gasteiger partial charge >= 0.3 is 0 Å². The largest absolute Gasteiger partial charge is 0.498 e. The number of allylic oxidation sites excluding steroid dienone is 7. The van der Waals surface area contributed by atoms with E-state index in [9.17, 15) is 0 Å². The zero-order chi connectivity index (χ0) is 26.4. The molecule has 0 aliphatic heterocycles. The van der Waals surface area contributed by atoms with Crippen LogP contribution < -0.4 is 0 Å². The molecule has 1 fully saturated rings. The molecular weight excluding hydrogens is 474 g/mol. The zero-order valence-electron chi connectivity index (χ0n) is 23.1. The number of aryl methyl sites for hydroxylation is 1. The highest BCUT2D eigenvalue weighted by molar-refractivity contribution is 7.22. The maximum Gasteiger partial charge on any atom is 0.106 e. The number of hydrogen-bond acceptors (Lipinski definition) is 4. The summed E-state index contributed by atoms with van der Waals surface area (Å²) >= 11 is 1.83. The van der Waals surface area contributed by atoms with Crippen LogP contribution in [0.5, 0.6) is 0 Å². The van der Waals surface area contributed by atoms with Crippen molar-refractivity contribution in [2.24, 2.45) is 5.92 Å². The van der Waals surface area contributed by atoms with Crippen LogP contribution in [0.2, 0.25) is 0 Å². The van der Waals surface area contributed by atoms with Gasteiger partial charge in [-0.25, -0.2) is 4.98 Å². The van der Waals surface area contributed by atoms with E-state index in [1.165, 1.54) is 50.4 Å². The van der Waals surface area contributed by atoms with Crippen LogP contribution in [0.4, 0.5) is 0 Å². The van der Waals surface area contributed by atoms with Crippen LogP contribution in [0.25, 0.3) is 26.2 Å². The van der Waals surface area contributed by atoms with E-state index >= 15 is 0 Å².